The molecule has 0 unspecified atom stereocenters. The number of aliphatic hydroxyl groups is 2. The first kappa shape index (κ1) is 37.2. The third-order valence-corrected chi connectivity index (χ3v) is 14.3. The van der Waals surface area contributed by atoms with Crippen LogP contribution in [0.15, 0.2) is 51.6 Å². The maximum absolute atomic E-state index is 12.5. The topological polar surface area (TPSA) is 107 Å². The van der Waals surface area contributed by atoms with E-state index >= 15 is 0 Å². The van der Waals surface area contributed by atoms with E-state index in [4.69, 9.17) is 23.9 Å². The third kappa shape index (κ3) is 6.68. The molecule has 0 aromatic heterocycles. The highest BCUT2D eigenvalue weighted by Crippen LogP contribution is 2.57. The number of carbonyl (C=O) groups is 1. The molecule has 6 aliphatic heterocycles. The zero-order valence-electron chi connectivity index (χ0n) is 32.3. The fourth-order valence-corrected chi connectivity index (χ4v) is 10.8. The van der Waals surface area contributed by atoms with E-state index in [1.807, 2.05) is 19.9 Å². The van der Waals surface area contributed by atoms with Gasteiger partial charge >= 0.3 is 5.97 Å². The van der Waals surface area contributed by atoms with Crippen LogP contribution in [0.25, 0.3) is 0 Å². The summed E-state index contributed by atoms with van der Waals surface area (Å²) >= 11 is 0. The SMILES string of the molecule is C=C1CCCC2=NC[C@@H](C)[C@H](C)C[C@@]23CCC([C@@H]2C=C(C)C(=O)O2)=C(C)[C@H]3/C=C(\C)[C@H](O)C[C@@H]2O[C@]3(CC[C@@]4(O[C@@H](CC[C@]4(C)O)C1)O3)C[C@H]2C. The lowest BCUT2D eigenvalue weighted by atomic mass is 9.56. The molecule has 2 N–H and O–H groups in total. The van der Waals surface area contributed by atoms with Crippen molar-refractivity contribution in [3.8, 4) is 0 Å². The number of esters is 1. The van der Waals surface area contributed by atoms with Crippen LogP contribution in [0.4, 0.5) is 0 Å². The Hall–Kier alpha value is -2.10. The van der Waals surface area contributed by atoms with Gasteiger partial charge in [0.2, 0.25) is 5.79 Å². The summed E-state index contributed by atoms with van der Waals surface area (Å²) in [6.07, 6.45) is 13.1. The van der Waals surface area contributed by atoms with Crippen molar-refractivity contribution < 1.29 is 34.0 Å². The fraction of sp³-hybridized carbons (Fsp3) is 0.767. The molecular formula is C43H63NO7. The van der Waals surface area contributed by atoms with Crippen molar-refractivity contribution in [2.45, 2.75) is 174 Å². The number of fused-ring (bicyclic) bond motifs is 2. The van der Waals surface area contributed by atoms with Crippen LogP contribution in [0.2, 0.25) is 0 Å². The van der Waals surface area contributed by atoms with Crippen LogP contribution >= 0.6 is 0 Å². The highest BCUT2D eigenvalue weighted by Gasteiger charge is 2.64. The van der Waals surface area contributed by atoms with Gasteiger partial charge in [0.25, 0.3) is 0 Å². The van der Waals surface area contributed by atoms with E-state index in [2.05, 4.69) is 47.3 Å². The molecule has 1 aliphatic carbocycles. The van der Waals surface area contributed by atoms with E-state index in [1.54, 1.807) is 0 Å². The number of hydrogen-bond donors (Lipinski definition) is 2. The predicted molar refractivity (Wildman–Crippen MR) is 198 cm³/mol. The smallest absolute Gasteiger partial charge is 0.334 e. The number of allylic oxidation sites excluding steroid dienone is 2. The van der Waals surface area contributed by atoms with Gasteiger partial charge in [0.1, 0.15) is 11.7 Å². The molecule has 8 nitrogen and oxygen atoms in total. The molecule has 12 atom stereocenters. The zero-order chi connectivity index (χ0) is 36.5. The van der Waals surface area contributed by atoms with E-state index in [-0.39, 0.29) is 41.5 Å². The van der Waals surface area contributed by atoms with Gasteiger partial charge < -0.3 is 29.2 Å². The van der Waals surface area contributed by atoms with Gasteiger partial charge in [0.05, 0.1) is 18.3 Å². The lowest BCUT2D eigenvalue weighted by molar-refractivity contribution is -0.387. The Kier molecular flexibility index (Phi) is 9.95. The molecule has 3 fully saturated rings. The van der Waals surface area contributed by atoms with E-state index in [1.165, 1.54) is 22.4 Å². The maximum Gasteiger partial charge on any atom is 0.334 e. The van der Waals surface area contributed by atoms with Gasteiger partial charge in [-0.25, -0.2) is 4.79 Å². The third-order valence-electron chi connectivity index (χ3n) is 14.3. The first-order chi connectivity index (χ1) is 24.1. The second-order valence-electron chi connectivity index (χ2n) is 18.1. The Labute approximate surface area is 305 Å². The maximum atomic E-state index is 12.5. The molecule has 0 aromatic rings. The average molecular weight is 706 g/mol. The molecule has 0 amide bonds. The van der Waals surface area contributed by atoms with E-state index in [0.29, 0.717) is 49.5 Å². The van der Waals surface area contributed by atoms with Crippen molar-refractivity contribution in [1.82, 2.24) is 0 Å². The average Bonchev–Trinajstić information content (AvgIpc) is 3.67. The molecule has 51 heavy (non-hydrogen) atoms. The number of aliphatic hydroxyl groups excluding tert-OH is 1. The Morgan fingerprint density at radius 2 is 1.73 bits per heavy atom. The number of cyclic esters (lactones) is 1. The molecule has 6 heterocycles. The number of aliphatic imine (C=N–C) groups is 1. The van der Waals surface area contributed by atoms with Gasteiger partial charge in [-0.05, 0) is 120 Å². The second kappa shape index (κ2) is 13.6. The molecule has 0 aromatic carbocycles. The quantitative estimate of drug-likeness (QED) is 0.210. The summed E-state index contributed by atoms with van der Waals surface area (Å²) in [5.74, 6) is -1.04. The minimum absolute atomic E-state index is 0.0156. The number of hydrogen-bond acceptors (Lipinski definition) is 8. The van der Waals surface area contributed by atoms with Crippen LogP contribution in [0, 0.1) is 29.1 Å². The summed E-state index contributed by atoms with van der Waals surface area (Å²) in [7, 11) is 0. The predicted octanol–water partition coefficient (Wildman–Crippen LogP) is 8.07. The molecule has 8 heteroatoms. The monoisotopic (exact) mass is 705 g/mol. The summed E-state index contributed by atoms with van der Waals surface area (Å²) in [6.45, 7) is 20.2. The van der Waals surface area contributed by atoms with Crippen LogP contribution in [0.5, 0.6) is 0 Å². The highest BCUT2D eigenvalue weighted by molar-refractivity contribution is 5.92. The number of rotatable bonds is 1. The second-order valence-corrected chi connectivity index (χ2v) is 18.1. The summed E-state index contributed by atoms with van der Waals surface area (Å²) in [4.78, 5) is 18.0. The lowest BCUT2D eigenvalue weighted by Crippen LogP contribution is -2.60. The van der Waals surface area contributed by atoms with Crippen molar-refractivity contribution in [2.75, 3.05) is 6.54 Å². The Morgan fingerprint density at radius 3 is 2.47 bits per heavy atom. The molecule has 0 radical (unpaired) electrons. The largest absolute Gasteiger partial charge is 0.450 e. The van der Waals surface area contributed by atoms with E-state index in [9.17, 15) is 15.0 Å². The highest BCUT2D eigenvalue weighted by atomic mass is 16.8. The molecule has 3 saturated heterocycles. The fourth-order valence-electron chi connectivity index (χ4n) is 10.8. The summed E-state index contributed by atoms with van der Waals surface area (Å²) < 4.78 is 26.3. The molecule has 7 aliphatic rings. The van der Waals surface area contributed by atoms with E-state index < -0.39 is 23.3 Å². The summed E-state index contributed by atoms with van der Waals surface area (Å²) in [5.41, 5.74) is 5.19. The minimum atomic E-state index is -1.12. The van der Waals surface area contributed by atoms with Crippen LogP contribution in [0.1, 0.15) is 132 Å². The van der Waals surface area contributed by atoms with Gasteiger partial charge in [-0.3, -0.25) is 4.99 Å². The number of carbonyl (C=O) groups excluding carboxylic acids is 1. The molecule has 3 spiro atoms. The normalized spacial score (nSPS) is 47.8. The molecule has 282 valence electrons. The van der Waals surface area contributed by atoms with Crippen LogP contribution < -0.4 is 0 Å². The Balaban J connectivity index is 1.28. The first-order valence-electron chi connectivity index (χ1n) is 20.0. The van der Waals surface area contributed by atoms with Gasteiger partial charge in [-0.2, -0.15) is 0 Å². The van der Waals surface area contributed by atoms with Gasteiger partial charge in [0, 0.05) is 54.8 Å². The van der Waals surface area contributed by atoms with Gasteiger partial charge in [-0.15, -0.1) is 0 Å². The van der Waals surface area contributed by atoms with Gasteiger partial charge in [0.15, 0.2) is 5.79 Å². The minimum Gasteiger partial charge on any atom is -0.450 e. The molecule has 0 saturated carbocycles. The number of ether oxygens (including phenoxy) is 4. The Bertz CT molecular complexity index is 1540. The molecular weight excluding hydrogens is 642 g/mol. The molecule has 4 bridgehead atoms. The van der Waals surface area contributed by atoms with Crippen molar-refractivity contribution in [1.29, 1.82) is 0 Å². The zero-order valence-corrected chi connectivity index (χ0v) is 32.3. The van der Waals surface area contributed by atoms with Crippen molar-refractivity contribution in [2.24, 2.45) is 34.1 Å². The van der Waals surface area contributed by atoms with Gasteiger partial charge in [-0.1, -0.05) is 44.6 Å². The standard InChI is InChI=1S/C43H63NO7/c1-25-10-9-11-38-41(22-28(4)30(6)24-44-38)15-13-33(37-20-27(3)39(46)48-37)31(7)34(41)19-26(2)35(45)21-36-29(5)23-42(50-36)16-17-43(51-42)40(8,47)14-12-32(18-25)49-43/h19-20,28-30,32,34-37,45,47H,1,9-18,21-24H2,2-8H3/b26-19+/t28-,29-,30-,32+,34-,35-,36+,37+,40+,41-,42+,43-/m1/s1. The van der Waals surface area contributed by atoms with Crippen LogP contribution in [-0.4, -0.2) is 70.0 Å². The van der Waals surface area contributed by atoms with Crippen LogP contribution in [0.3, 0.4) is 0 Å². The summed E-state index contributed by atoms with van der Waals surface area (Å²) in [6, 6.07) is 0. The van der Waals surface area contributed by atoms with Crippen molar-refractivity contribution in [3.63, 3.8) is 0 Å². The van der Waals surface area contributed by atoms with Crippen molar-refractivity contribution in [3.05, 3.63) is 46.6 Å². The number of nitrogens with zero attached hydrogens (tertiary/aromatic N) is 1. The lowest BCUT2D eigenvalue weighted by Gasteiger charge is -2.49. The Morgan fingerprint density at radius 1 is 0.941 bits per heavy atom. The first-order valence-corrected chi connectivity index (χ1v) is 20.0. The van der Waals surface area contributed by atoms with E-state index in [0.717, 1.165) is 63.5 Å². The summed E-state index contributed by atoms with van der Waals surface area (Å²) in [5, 5.41) is 23.6. The van der Waals surface area contributed by atoms with Crippen molar-refractivity contribution >= 4 is 11.7 Å². The van der Waals surface area contributed by atoms with Crippen LogP contribution in [-0.2, 0) is 23.7 Å². The molecule has 7 rings (SSSR count).